The molecule has 0 bridgehead atoms. The van der Waals surface area contributed by atoms with Crippen molar-refractivity contribution in [1.29, 1.82) is 0 Å². The van der Waals surface area contributed by atoms with Crippen molar-refractivity contribution >= 4 is 17.7 Å². The molecular weight excluding hydrogens is 214 g/mol. The van der Waals surface area contributed by atoms with Crippen LogP contribution in [0, 0.1) is 5.92 Å². The molecule has 0 radical (unpaired) electrons. The summed E-state index contributed by atoms with van der Waals surface area (Å²) in [6, 6.07) is 0. The molecule has 1 aromatic heterocycles. The summed E-state index contributed by atoms with van der Waals surface area (Å²) in [7, 11) is 1.74. The summed E-state index contributed by atoms with van der Waals surface area (Å²) >= 11 is 1.33. The van der Waals surface area contributed by atoms with Gasteiger partial charge in [-0.2, -0.15) is 0 Å². The number of aryl methyl sites for hydroxylation is 1. The monoisotopic (exact) mass is 229 g/mol. The van der Waals surface area contributed by atoms with Crippen LogP contribution < -0.4 is 5.32 Å². The Balaban J connectivity index is 2.26. The number of rotatable bonds is 5. The minimum atomic E-state index is 0.0108. The maximum absolute atomic E-state index is 11.3. The van der Waals surface area contributed by atoms with Crippen molar-refractivity contribution in [2.75, 3.05) is 12.3 Å². The third kappa shape index (κ3) is 4.28. The van der Waals surface area contributed by atoms with Crippen LogP contribution in [-0.4, -0.2) is 38.4 Å². The van der Waals surface area contributed by atoms with Gasteiger partial charge in [-0.15, -0.1) is 5.10 Å². The number of hydrogen-bond acceptors (Lipinski definition) is 5. The molecule has 0 aliphatic heterocycles. The molecule has 7 heteroatoms. The van der Waals surface area contributed by atoms with E-state index in [0.717, 1.165) is 0 Å². The fourth-order valence-electron chi connectivity index (χ4n) is 0.843. The van der Waals surface area contributed by atoms with Crippen LogP contribution in [0.1, 0.15) is 13.8 Å². The van der Waals surface area contributed by atoms with Gasteiger partial charge < -0.3 is 5.32 Å². The predicted octanol–water partition coefficient (Wildman–Crippen LogP) is 0.0744. The Morgan fingerprint density at radius 2 is 2.33 bits per heavy atom. The first-order valence-corrected chi connectivity index (χ1v) is 5.70. The van der Waals surface area contributed by atoms with Crippen LogP contribution >= 0.6 is 11.8 Å². The van der Waals surface area contributed by atoms with Crippen molar-refractivity contribution in [2.24, 2.45) is 13.0 Å². The predicted molar refractivity (Wildman–Crippen MR) is 57.4 cm³/mol. The zero-order valence-corrected chi connectivity index (χ0v) is 9.91. The first-order chi connectivity index (χ1) is 7.09. The Kier molecular flexibility index (Phi) is 4.54. The minimum Gasteiger partial charge on any atom is -0.355 e. The van der Waals surface area contributed by atoms with Crippen LogP contribution in [0.2, 0.25) is 0 Å². The quantitative estimate of drug-likeness (QED) is 0.724. The van der Waals surface area contributed by atoms with Crippen LogP contribution in [0.5, 0.6) is 0 Å². The highest BCUT2D eigenvalue weighted by molar-refractivity contribution is 7.99. The molecule has 0 spiro atoms. The molecule has 6 nitrogen and oxygen atoms in total. The van der Waals surface area contributed by atoms with Crippen molar-refractivity contribution < 1.29 is 4.79 Å². The highest BCUT2D eigenvalue weighted by Crippen LogP contribution is 2.11. The van der Waals surface area contributed by atoms with E-state index < -0.39 is 0 Å². The zero-order valence-electron chi connectivity index (χ0n) is 9.10. The maximum Gasteiger partial charge on any atom is 0.230 e. The van der Waals surface area contributed by atoms with Gasteiger partial charge in [0.05, 0.1) is 5.75 Å². The first kappa shape index (κ1) is 12.0. The van der Waals surface area contributed by atoms with Gasteiger partial charge in [0, 0.05) is 13.6 Å². The molecule has 0 unspecified atom stereocenters. The van der Waals surface area contributed by atoms with Crippen LogP contribution in [0.3, 0.4) is 0 Å². The molecule has 84 valence electrons. The highest BCUT2D eigenvalue weighted by atomic mass is 32.2. The molecule has 0 aliphatic rings. The van der Waals surface area contributed by atoms with Gasteiger partial charge >= 0.3 is 0 Å². The van der Waals surface area contributed by atoms with Crippen LogP contribution in [-0.2, 0) is 11.8 Å². The van der Waals surface area contributed by atoms with E-state index in [2.05, 4.69) is 34.7 Å². The van der Waals surface area contributed by atoms with Gasteiger partial charge in [0.15, 0.2) is 0 Å². The highest BCUT2D eigenvalue weighted by Gasteiger charge is 2.07. The lowest BCUT2D eigenvalue weighted by atomic mass is 10.2. The molecule has 0 aromatic carbocycles. The minimum absolute atomic E-state index is 0.0108. The SMILES string of the molecule is CC(C)CNC(=O)CSc1nnnn1C. The summed E-state index contributed by atoms with van der Waals surface area (Å²) in [5.41, 5.74) is 0. The van der Waals surface area contributed by atoms with E-state index in [-0.39, 0.29) is 5.91 Å². The number of carbonyl (C=O) groups is 1. The second kappa shape index (κ2) is 5.69. The van der Waals surface area contributed by atoms with Gasteiger partial charge in [0.25, 0.3) is 0 Å². The Morgan fingerprint density at radius 3 is 2.87 bits per heavy atom. The lowest BCUT2D eigenvalue weighted by molar-refractivity contribution is -0.118. The van der Waals surface area contributed by atoms with E-state index >= 15 is 0 Å². The second-order valence-electron chi connectivity index (χ2n) is 3.57. The zero-order chi connectivity index (χ0) is 11.3. The molecule has 1 rings (SSSR count). The number of thioether (sulfide) groups is 1. The average molecular weight is 229 g/mol. The van der Waals surface area contributed by atoms with Crippen molar-refractivity contribution in [3.63, 3.8) is 0 Å². The number of carbonyl (C=O) groups excluding carboxylic acids is 1. The Hall–Kier alpha value is -1.11. The van der Waals surface area contributed by atoms with Gasteiger partial charge in [-0.05, 0) is 16.3 Å². The molecule has 0 saturated heterocycles. The van der Waals surface area contributed by atoms with E-state index in [0.29, 0.717) is 23.4 Å². The van der Waals surface area contributed by atoms with E-state index in [1.165, 1.54) is 11.8 Å². The summed E-state index contributed by atoms with van der Waals surface area (Å²) in [5, 5.41) is 14.4. The summed E-state index contributed by atoms with van der Waals surface area (Å²) in [6.07, 6.45) is 0. The fourth-order valence-corrected chi connectivity index (χ4v) is 1.52. The van der Waals surface area contributed by atoms with E-state index in [9.17, 15) is 4.79 Å². The molecule has 0 fully saturated rings. The molecule has 1 N–H and O–H groups in total. The summed E-state index contributed by atoms with van der Waals surface area (Å²) in [6.45, 7) is 4.82. The fraction of sp³-hybridized carbons (Fsp3) is 0.750. The first-order valence-electron chi connectivity index (χ1n) is 4.71. The standard InChI is InChI=1S/C8H15N5OS/c1-6(2)4-9-7(14)5-15-8-10-11-12-13(8)3/h6H,4-5H2,1-3H3,(H,9,14). The largest absolute Gasteiger partial charge is 0.355 e. The number of hydrogen-bond donors (Lipinski definition) is 1. The number of amides is 1. The molecule has 1 heterocycles. The second-order valence-corrected chi connectivity index (χ2v) is 4.51. The smallest absolute Gasteiger partial charge is 0.230 e. The maximum atomic E-state index is 11.3. The lowest BCUT2D eigenvalue weighted by Crippen LogP contribution is -2.28. The van der Waals surface area contributed by atoms with Crippen molar-refractivity contribution in [1.82, 2.24) is 25.5 Å². The Labute approximate surface area is 92.8 Å². The van der Waals surface area contributed by atoms with E-state index in [4.69, 9.17) is 0 Å². The Bertz CT molecular complexity index is 325. The molecule has 1 amide bonds. The van der Waals surface area contributed by atoms with Gasteiger partial charge in [-0.1, -0.05) is 25.6 Å². The third-order valence-corrected chi connectivity index (χ3v) is 2.63. The van der Waals surface area contributed by atoms with Gasteiger partial charge in [-0.3, -0.25) is 4.79 Å². The van der Waals surface area contributed by atoms with Crippen molar-refractivity contribution in [3.05, 3.63) is 0 Å². The van der Waals surface area contributed by atoms with Crippen LogP contribution in [0.25, 0.3) is 0 Å². The third-order valence-electron chi connectivity index (χ3n) is 1.62. The Morgan fingerprint density at radius 1 is 1.60 bits per heavy atom. The van der Waals surface area contributed by atoms with Crippen LogP contribution in [0.15, 0.2) is 5.16 Å². The number of tetrazole rings is 1. The molecule has 0 aliphatic carbocycles. The number of nitrogens with zero attached hydrogens (tertiary/aromatic N) is 4. The number of nitrogens with one attached hydrogen (secondary N) is 1. The van der Waals surface area contributed by atoms with Crippen molar-refractivity contribution in [3.8, 4) is 0 Å². The molecule has 15 heavy (non-hydrogen) atoms. The number of aromatic nitrogens is 4. The lowest BCUT2D eigenvalue weighted by Gasteiger charge is -2.06. The summed E-state index contributed by atoms with van der Waals surface area (Å²) < 4.78 is 1.54. The van der Waals surface area contributed by atoms with E-state index in [1.54, 1.807) is 11.7 Å². The molecule has 1 aromatic rings. The van der Waals surface area contributed by atoms with E-state index in [1.807, 2.05) is 0 Å². The summed E-state index contributed by atoms with van der Waals surface area (Å²) in [5.74, 6) is 0.827. The molecule has 0 saturated carbocycles. The normalized spacial score (nSPS) is 10.7. The van der Waals surface area contributed by atoms with Crippen molar-refractivity contribution in [2.45, 2.75) is 19.0 Å². The van der Waals surface area contributed by atoms with Gasteiger partial charge in [-0.25, -0.2) is 4.68 Å². The molecular formula is C8H15N5OS. The van der Waals surface area contributed by atoms with Crippen LogP contribution in [0.4, 0.5) is 0 Å². The van der Waals surface area contributed by atoms with Gasteiger partial charge in [0.2, 0.25) is 11.1 Å². The summed E-state index contributed by atoms with van der Waals surface area (Å²) in [4.78, 5) is 11.3. The topological polar surface area (TPSA) is 72.7 Å². The average Bonchev–Trinajstić information content (AvgIpc) is 2.58. The molecule has 0 atom stereocenters. The van der Waals surface area contributed by atoms with Gasteiger partial charge in [0.1, 0.15) is 0 Å².